The van der Waals surface area contributed by atoms with Gasteiger partial charge in [-0.1, -0.05) is 12.8 Å². The lowest BCUT2D eigenvalue weighted by atomic mass is 9.69. The van der Waals surface area contributed by atoms with Gasteiger partial charge in [0.15, 0.2) is 0 Å². The average molecular weight is 370 g/mol. The summed E-state index contributed by atoms with van der Waals surface area (Å²) in [5.74, 6) is -7.47. The Kier molecular flexibility index (Phi) is 6.61. The summed E-state index contributed by atoms with van der Waals surface area (Å²) in [5, 5.41) is 36.9. The van der Waals surface area contributed by atoms with Crippen molar-refractivity contribution in [2.75, 3.05) is 0 Å². The molecule has 6 atom stereocenters. The van der Waals surface area contributed by atoms with Gasteiger partial charge in [0.2, 0.25) is 0 Å². The van der Waals surface area contributed by atoms with E-state index in [1.165, 1.54) is 0 Å². The first-order chi connectivity index (χ1) is 12.2. The monoisotopic (exact) mass is 370 g/mol. The van der Waals surface area contributed by atoms with E-state index in [-0.39, 0.29) is 11.8 Å². The molecule has 0 aliphatic heterocycles. The second-order valence-electron chi connectivity index (χ2n) is 7.71. The Morgan fingerprint density at radius 2 is 0.846 bits per heavy atom. The first kappa shape index (κ1) is 20.2. The van der Waals surface area contributed by atoms with Crippen LogP contribution in [-0.2, 0) is 19.2 Å². The van der Waals surface area contributed by atoms with E-state index in [4.69, 9.17) is 10.2 Å². The second kappa shape index (κ2) is 8.51. The molecular weight excluding hydrogens is 344 g/mol. The number of carboxylic acid groups (broad SMARTS) is 4. The second-order valence-corrected chi connectivity index (χ2v) is 7.71. The predicted molar refractivity (Wildman–Crippen MR) is 88.4 cm³/mol. The molecule has 8 nitrogen and oxygen atoms in total. The van der Waals surface area contributed by atoms with E-state index in [2.05, 4.69) is 0 Å². The zero-order valence-corrected chi connectivity index (χ0v) is 14.5. The minimum absolute atomic E-state index is 0.118. The van der Waals surface area contributed by atoms with Crippen LogP contribution in [0.5, 0.6) is 0 Å². The maximum Gasteiger partial charge on any atom is 0.307 e. The van der Waals surface area contributed by atoms with Gasteiger partial charge in [0.25, 0.3) is 0 Å². The van der Waals surface area contributed by atoms with E-state index in [1.807, 2.05) is 0 Å². The summed E-state index contributed by atoms with van der Waals surface area (Å²) in [6.07, 6.45) is 4.14. The molecule has 0 spiro atoms. The van der Waals surface area contributed by atoms with Crippen LogP contribution in [0.25, 0.3) is 0 Å². The van der Waals surface area contributed by atoms with Crippen molar-refractivity contribution < 1.29 is 39.6 Å². The molecule has 2 aliphatic rings. The molecule has 0 bridgehead atoms. The lowest BCUT2D eigenvalue weighted by molar-refractivity contribution is -0.157. The summed E-state index contributed by atoms with van der Waals surface area (Å²) in [4.78, 5) is 45.1. The third kappa shape index (κ3) is 4.74. The highest BCUT2D eigenvalue weighted by Crippen LogP contribution is 2.41. The molecule has 8 heteroatoms. The van der Waals surface area contributed by atoms with Crippen LogP contribution in [0.1, 0.15) is 51.4 Å². The van der Waals surface area contributed by atoms with Crippen molar-refractivity contribution in [3.63, 3.8) is 0 Å². The molecule has 0 aromatic heterocycles. The van der Waals surface area contributed by atoms with Gasteiger partial charge in [0.1, 0.15) is 0 Å². The average Bonchev–Trinajstić information content (AvgIpc) is 2.59. The molecule has 26 heavy (non-hydrogen) atoms. The fraction of sp³-hybridized carbons (Fsp3) is 0.778. The van der Waals surface area contributed by atoms with Crippen molar-refractivity contribution in [2.45, 2.75) is 51.4 Å². The molecule has 0 aromatic carbocycles. The third-order valence-corrected chi connectivity index (χ3v) is 6.17. The molecule has 6 unspecified atom stereocenters. The van der Waals surface area contributed by atoms with Crippen LogP contribution < -0.4 is 0 Å². The molecule has 2 saturated carbocycles. The van der Waals surface area contributed by atoms with E-state index in [0.717, 1.165) is 12.8 Å². The SMILES string of the molecule is O=C(O)C1CCC(CCC2CCC(C(=O)O)C(C(=O)O)C2)CC1C(=O)O. The summed E-state index contributed by atoms with van der Waals surface area (Å²) in [6.45, 7) is 0. The van der Waals surface area contributed by atoms with E-state index < -0.39 is 47.5 Å². The highest BCUT2D eigenvalue weighted by molar-refractivity contribution is 5.80. The van der Waals surface area contributed by atoms with Gasteiger partial charge >= 0.3 is 23.9 Å². The Hall–Kier alpha value is -2.12. The quantitative estimate of drug-likeness (QED) is 0.532. The van der Waals surface area contributed by atoms with E-state index in [9.17, 15) is 29.4 Å². The Balaban J connectivity index is 1.89. The smallest absolute Gasteiger partial charge is 0.307 e. The molecular formula is C18H26O8. The van der Waals surface area contributed by atoms with Gasteiger partial charge in [-0.25, -0.2) is 0 Å². The van der Waals surface area contributed by atoms with Gasteiger partial charge < -0.3 is 20.4 Å². The van der Waals surface area contributed by atoms with Crippen molar-refractivity contribution in [1.82, 2.24) is 0 Å². The van der Waals surface area contributed by atoms with Gasteiger partial charge in [-0.3, -0.25) is 19.2 Å². The topological polar surface area (TPSA) is 149 Å². The molecule has 0 radical (unpaired) electrons. The normalized spacial score (nSPS) is 34.8. The van der Waals surface area contributed by atoms with Gasteiger partial charge in [-0.2, -0.15) is 0 Å². The molecule has 0 saturated heterocycles. The minimum Gasteiger partial charge on any atom is -0.481 e. The highest BCUT2D eigenvalue weighted by atomic mass is 16.4. The molecule has 0 aromatic rings. The Bertz CT molecular complexity index is 522. The highest BCUT2D eigenvalue weighted by Gasteiger charge is 2.41. The summed E-state index contributed by atoms with van der Waals surface area (Å²) < 4.78 is 0. The van der Waals surface area contributed by atoms with Gasteiger partial charge in [0, 0.05) is 0 Å². The van der Waals surface area contributed by atoms with E-state index in [0.29, 0.717) is 38.5 Å². The van der Waals surface area contributed by atoms with Gasteiger partial charge in [-0.15, -0.1) is 0 Å². The standard InChI is InChI=1S/C18H26O8/c19-15(20)11-5-3-9(7-13(11)17(23)24)1-2-10-4-6-12(16(21)22)14(8-10)18(25)26/h9-14H,1-8H2,(H,19,20)(H,21,22)(H,23,24)(H,25,26). The number of carbonyl (C=O) groups is 4. The molecule has 4 N–H and O–H groups in total. The van der Waals surface area contributed by atoms with Crippen LogP contribution in [0.3, 0.4) is 0 Å². The Morgan fingerprint density at radius 1 is 0.538 bits per heavy atom. The fourth-order valence-electron chi connectivity index (χ4n) is 4.65. The van der Waals surface area contributed by atoms with Gasteiger partial charge in [-0.05, 0) is 50.4 Å². The minimum atomic E-state index is -1.07. The van der Waals surface area contributed by atoms with E-state index in [1.54, 1.807) is 0 Å². The van der Waals surface area contributed by atoms with Crippen LogP contribution in [0, 0.1) is 35.5 Å². The Labute approximate surface area is 151 Å². The lowest BCUT2D eigenvalue weighted by Gasteiger charge is -2.34. The number of hydrogen-bond acceptors (Lipinski definition) is 4. The Morgan fingerprint density at radius 3 is 1.12 bits per heavy atom. The maximum absolute atomic E-state index is 11.4. The number of hydrogen-bond donors (Lipinski definition) is 4. The number of rotatable bonds is 7. The van der Waals surface area contributed by atoms with Crippen LogP contribution in [0.15, 0.2) is 0 Å². The van der Waals surface area contributed by atoms with Crippen molar-refractivity contribution in [2.24, 2.45) is 35.5 Å². The predicted octanol–water partition coefficient (Wildman–Crippen LogP) is 2.17. The first-order valence-corrected chi connectivity index (χ1v) is 9.11. The van der Waals surface area contributed by atoms with Crippen molar-refractivity contribution in [1.29, 1.82) is 0 Å². The molecule has 0 heterocycles. The lowest BCUT2D eigenvalue weighted by Crippen LogP contribution is -2.37. The van der Waals surface area contributed by atoms with Crippen LogP contribution in [0.2, 0.25) is 0 Å². The zero-order chi connectivity index (χ0) is 19.4. The summed E-state index contributed by atoms with van der Waals surface area (Å²) in [7, 11) is 0. The number of aliphatic carboxylic acids is 4. The van der Waals surface area contributed by atoms with Crippen LogP contribution in [0.4, 0.5) is 0 Å². The summed E-state index contributed by atoms with van der Waals surface area (Å²) in [6, 6.07) is 0. The van der Waals surface area contributed by atoms with E-state index >= 15 is 0 Å². The maximum atomic E-state index is 11.4. The van der Waals surface area contributed by atoms with Crippen molar-refractivity contribution in [3.05, 3.63) is 0 Å². The van der Waals surface area contributed by atoms with Crippen molar-refractivity contribution >= 4 is 23.9 Å². The molecule has 0 amide bonds. The first-order valence-electron chi connectivity index (χ1n) is 9.11. The largest absolute Gasteiger partial charge is 0.481 e. The number of carboxylic acids is 4. The zero-order valence-electron chi connectivity index (χ0n) is 14.5. The summed E-state index contributed by atoms with van der Waals surface area (Å²) >= 11 is 0. The molecule has 146 valence electrons. The van der Waals surface area contributed by atoms with Crippen LogP contribution in [-0.4, -0.2) is 44.3 Å². The van der Waals surface area contributed by atoms with Gasteiger partial charge in [0.05, 0.1) is 23.7 Å². The van der Waals surface area contributed by atoms with Crippen molar-refractivity contribution in [3.8, 4) is 0 Å². The molecule has 2 aliphatic carbocycles. The molecule has 2 rings (SSSR count). The summed E-state index contributed by atoms with van der Waals surface area (Å²) in [5.41, 5.74) is 0. The molecule has 2 fully saturated rings. The fourth-order valence-corrected chi connectivity index (χ4v) is 4.65. The third-order valence-electron chi connectivity index (χ3n) is 6.17. The van der Waals surface area contributed by atoms with Crippen LogP contribution >= 0.6 is 0 Å².